The molecule has 0 radical (unpaired) electrons. The van der Waals surface area contributed by atoms with Crippen molar-refractivity contribution in [2.75, 3.05) is 11.5 Å². The molecular weight excluding hydrogens is 469 g/mol. The Hall–Kier alpha value is -4.11. The Bertz CT molecular complexity index is 1470. The molecule has 0 spiro atoms. The SMILES string of the molecule is CCCOc1cccc(/C(O)=C2\C(=O)C(=O)N(c3nc4ccc(F)cc4s3)C2c2ccncc2)c1. The number of anilines is 1. The largest absolute Gasteiger partial charge is 0.507 e. The summed E-state index contributed by atoms with van der Waals surface area (Å²) in [6.07, 6.45) is 3.90. The van der Waals surface area contributed by atoms with Gasteiger partial charge in [0.05, 0.1) is 28.4 Å². The van der Waals surface area contributed by atoms with Crippen LogP contribution in [-0.4, -0.2) is 33.4 Å². The molecule has 1 atom stereocenters. The molecule has 0 aliphatic carbocycles. The topological polar surface area (TPSA) is 92.6 Å². The summed E-state index contributed by atoms with van der Waals surface area (Å²) in [7, 11) is 0. The molecule has 1 aliphatic heterocycles. The van der Waals surface area contributed by atoms with Gasteiger partial charge in [-0.05, 0) is 54.4 Å². The van der Waals surface area contributed by atoms with E-state index in [1.165, 1.54) is 23.1 Å². The molecule has 35 heavy (non-hydrogen) atoms. The Kier molecular flexibility index (Phi) is 6.00. The van der Waals surface area contributed by atoms with Crippen molar-refractivity contribution in [1.29, 1.82) is 0 Å². The number of benzene rings is 2. The highest BCUT2D eigenvalue weighted by Gasteiger charge is 2.48. The Morgan fingerprint density at radius 2 is 1.94 bits per heavy atom. The fourth-order valence-corrected chi connectivity index (χ4v) is 5.01. The number of hydrogen-bond donors (Lipinski definition) is 1. The lowest BCUT2D eigenvalue weighted by molar-refractivity contribution is -0.132. The van der Waals surface area contributed by atoms with Gasteiger partial charge in [0, 0.05) is 18.0 Å². The summed E-state index contributed by atoms with van der Waals surface area (Å²) >= 11 is 1.10. The normalized spacial score (nSPS) is 17.3. The first-order valence-corrected chi connectivity index (χ1v) is 11.8. The minimum atomic E-state index is -0.941. The van der Waals surface area contributed by atoms with Crippen molar-refractivity contribution in [3.05, 3.63) is 89.5 Å². The molecule has 2 aromatic heterocycles. The second-order valence-corrected chi connectivity index (χ2v) is 8.94. The van der Waals surface area contributed by atoms with Crippen LogP contribution in [0, 0.1) is 5.82 Å². The zero-order valence-electron chi connectivity index (χ0n) is 18.6. The molecular formula is C26H20FN3O4S. The van der Waals surface area contributed by atoms with Crippen LogP contribution >= 0.6 is 11.3 Å². The zero-order valence-corrected chi connectivity index (χ0v) is 19.5. The van der Waals surface area contributed by atoms with E-state index in [0.29, 0.717) is 33.7 Å². The molecule has 1 fully saturated rings. The van der Waals surface area contributed by atoms with E-state index in [0.717, 1.165) is 17.8 Å². The lowest BCUT2D eigenvalue weighted by Crippen LogP contribution is -2.29. The first kappa shape index (κ1) is 22.7. The number of aliphatic hydroxyl groups excluding tert-OH is 1. The number of ether oxygens (including phenoxy) is 1. The minimum Gasteiger partial charge on any atom is -0.507 e. The van der Waals surface area contributed by atoms with Crippen LogP contribution in [0.5, 0.6) is 5.75 Å². The third-order valence-electron chi connectivity index (χ3n) is 5.59. The van der Waals surface area contributed by atoms with Gasteiger partial charge in [0.25, 0.3) is 5.78 Å². The van der Waals surface area contributed by atoms with Gasteiger partial charge in [0.1, 0.15) is 17.3 Å². The van der Waals surface area contributed by atoms with Gasteiger partial charge in [-0.25, -0.2) is 9.37 Å². The molecule has 5 rings (SSSR count). The molecule has 1 N–H and O–H groups in total. The summed E-state index contributed by atoms with van der Waals surface area (Å²) in [5.41, 5.74) is 1.36. The van der Waals surface area contributed by atoms with Gasteiger partial charge in [-0.3, -0.25) is 19.5 Å². The van der Waals surface area contributed by atoms with Crippen molar-refractivity contribution >= 4 is 44.1 Å². The zero-order chi connectivity index (χ0) is 24.5. The highest BCUT2D eigenvalue weighted by Crippen LogP contribution is 2.44. The van der Waals surface area contributed by atoms with Gasteiger partial charge in [-0.15, -0.1) is 0 Å². The van der Waals surface area contributed by atoms with Gasteiger partial charge in [-0.2, -0.15) is 0 Å². The molecule has 1 unspecified atom stereocenters. The monoisotopic (exact) mass is 489 g/mol. The molecule has 4 aromatic rings. The maximum absolute atomic E-state index is 13.8. The Balaban J connectivity index is 1.67. The number of amides is 1. The number of nitrogens with zero attached hydrogens (tertiary/aromatic N) is 3. The third-order valence-corrected chi connectivity index (χ3v) is 6.61. The van der Waals surface area contributed by atoms with E-state index >= 15 is 0 Å². The number of thiazole rings is 1. The van der Waals surface area contributed by atoms with Crippen molar-refractivity contribution in [2.45, 2.75) is 19.4 Å². The Morgan fingerprint density at radius 1 is 1.14 bits per heavy atom. The van der Waals surface area contributed by atoms with Crippen molar-refractivity contribution in [3.8, 4) is 5.75 Å². The quantitative estimate of drug-likeness (QED) is 0.226. The number of carbonyl (C=O) groups excluding carboxylic acids is 2. The van der Waals surface area contributed by atoms with Crippen LogP contribution in [0.1, 0.15) is 30.5 Å². The predicted octanol–water partition coefficient (Wildman–Crippen LogP) is 5.25. The van der Waals surface area contributed by atoms with Crippen molar-refractivity contribution < 1.29 is 23.8 Å². The summed E-state index contributed by atoms with van der Waals surface area (Å²) in [5, 5.41) is 11.5. The van der Waals surface area contributed by atoms with Gasteiger partial charge in [0.2, 0.25) is 0 Å². The van der Waals surface area contributed by atoms with Crippen LogP contribution in [0.15, 0.2) is 72.6 Å². The number of ketones is 1. The fourth-order valence-electron chi connectivity index (χ4n) is 3.99. The number of carbonyl (C=O) groups is 2. The highest BCUT2D eigenvalue weighted by molar-refractivity contribution is 7.22. The van der Waals surface area contributed by atoms with E-state index in [4.69, 9.17) is 4.74 Å². The standard InChI is InChI=1S/C26H20FN3O4S/c1-2-12-34-18-5-3-4-16(13-18)23(31)21-22(15-8-10-28-11-9-15)30(25(33)24(21)32)26-29-19-7-6-17(27)14-20(19)35-26/h3-11,13-14,22,31H,2,12H2,1H3/b23-21+. The van der Waals surface area contributed by atoms with Crippen LogP contribution in [0.2, 0.25) is 0 Å². The number of rotatable bonds is 6. The molecule has 1 amide bonds. The molecule has 2 aromatic carbocycles. The average Bonchev–Trinajstić information content (AvgIpc) is 3.40. The molecule has 1 aliphatic rings. The van der Waals surface area contributed by atoms with Crippen molar-refractivity contribution in [1.82, 2.24) is 9.97 Å². The van der Waals surface area contributed by atoms with Gasteiger partial charge < -0.3 is 9.84 Å². The van der Waals surface area contributed by atoms with Crippen LogP contribution in [0.3, 0.4) is 0 Å². The molecule has 176 valence electrons. The van der Waals surface area contributed by atoms with Gasteiger partial charge >= 0.3 is 5.91 Å². The smallest absolute Gasteiger partial charge is 0.301 e. The van der Waals surface area contributed by atoms with Crippen LogP contribution in [0.4, 0.5) is 9.52 Å². The summed E-state index contributed by atoms with van der Waals surface area (Å²) in [6, 6.07) is 13.3. The number of halogens is 1. The van der Waals surface area contributed by atoms with E-state index in [1.54, 1.807) is 48.8 Å². The number of Topliss-reactive ketones (excluding diaryl/α,β-unsaturated/α-hetero) is 1. The maximum Gasteiger partial charge on any atom is 0.301 e. The van der Waals surface area contributed by atoms with E-state index in [9.17, 15) is 19.1 Å². The summed E-state index contributed by atoms with van der Waals surface area (Å²) in [5.74, 6) is -1.87. The number of fused-ring (bicyclic) bond motifs is 1. The first-order chi connectivity index (χ1) is 17.0. The second kappa shape index (κ2) is 9.27. The fraction of sp³-hybridized carbons (Fsp3) is 0.154. The minimum absolute atomic E-state index is 0.0701. The van der Waals surface area contributed by atoms with Crippen LogP contribution < -0.4 is 9.64 Å². The molecule has 0 bridgehead atoms. The Morgan fingerprint density at radius 3 is 2.71 bits per heavy atom. The molecule has 7 nitrogen and oxygen atoms in total. The summed E-state index contributed by atoms with van der Waals surface area (Å²) in [4.78, 5) is 36.3. The third kappa shape index (κ3) is 4.15. The van der Waals surface area contributed by atoms with Crippen LogP contribution in [-0.2, 0) is 9.59 Å². The van der Waals surface area contributed by atoms with E-state index in [1.807, 2.05) is 6.92 Å². The lowest BCUT2D eigenvalue weighted by Gasteiger charge is -2.22. The number of aromatic nitrogens is 2. The highest BCUT2D eigenvalue weighted by atomic mass is 32.1. The predicted molar refractivity (Wildman–Crippen MR) is 131 cm³/mol. The van der Waals surface area contributed by atoms with Crippen molar-refractivity contribution in [3.63, 3.8) is 0 Å². The van der Waals surface area contributed by atoms with Crippen molar-refractivity contribution in [2.24, 2.45) is 0 Å². The molecule has 1 saturated heterocycles. The van der Waals surface area contributed by atoms with Gasteiger partial charge in [0.15, 0.2) is 5.13 Å². The molecule has 3 heterocycles. The average molecular weight is 490 g/mol. The van der Waals surface area contributed by atoms with E-state index < -0.39 is 23.5 Å². The first-order valence-electron chi connectivity index (χ1n) is 11.0. The van der Waals surface area contributed by atoms with Crippen LogP contribution in [0.25, 0.3) is 16.0 Å². The van der Waals surface area contributed by atoms with Gasteiger partial charge in [-0.1, -0.05) is 30.4 Å². The van der Waals surface area contributed by atoms with E-state index in [-0.39, 0.29) is 16.5 Å². The summed E-state index contributed by atoms with van der Waals surface area (Å²) in [6.45, 7) is 2.49. The number of pyridine rings is 1. The number of aliphatic hydroxyl groups is 1. The maximum atomic E-state index is 13.8. The number of hydrogen-bond acceptors (Lipinski definition) is 7. The van der Waals surface area contributed by atoms with E-state index in [2.05, 4.69) is 9.97 Å². The lowest BCUT2D eigenvalue weighted by atomic mass is 9.96. The summed E-state index contributed by atoms with van der Waals surface area (Å²) < 4.78 is 20.0. The molecule has 0 saturated carbocycles. The molecule has 9 heteroatoms. The Labute approximate surface area is 204 Å². The second-order valence-electron chi connectivity index (χ2n) is 7.93.